The summed E-state index contributed by atoms with van der Waals surface area (Å²) in [5.41, 5.74) is 0.178. The van der Waals surface area contributed by atoms with Gasteiger partial charge in [-0.2, -0.15) is 0 Å². The molecule has 4 N–H and O–H groups in total. The van der Waals surface area contributed by atoms with Gasteiger partial charge < -0.3 is 21.1 Å². The minimum absolute atomic E-state index is 0.133. The highest BCUT2D eigenvalue weighted by Gasteiger charge is 2.12. The van der Waals surface area contributed by atoms with Crippen molar-refractivity contribution in [2.45, 2.75) is 6.10 Å². The molecule has 1 aromatic heterocycles. The average Bonchev–Trinajstić information content (AvgIpc) is 2.60. The molecule has 0 fully saturated rings. The first kappa shape index (κ1) is 17.5. The number of aliphatic hydroxyl groups is 1. The summed E-state index contributed by atoms with van der Waals surface area (Å²) >= 11 is 0. The second kappa shape index (κ2) is 8.73. The van der Waals surface area contributed by atoms with E-state index < -0.39 is 23.8 Å². The van der Waals surface area contributed by atoms with Crippen LogP contribution in [0, 0.1) is 11.6 Å². The summed E-state index contributed by atoms with van der Waals surface area (Å²) in [6.07, 6.45) is 2.05. The van der Waals surface area contributed by atoms with Crippen molar-refractivity contribution in [1.82, 2.24) is 20.6 Å². The van der Waals surface area contributed by atoms with Gasteiger partial charge in [-0.25, -0.2) is 23.5 Å². The molecule has 1 atom stereocenters. The molecule has 0 radical (unpaired) electrons. The van der Waals surface area contributed by atoms with E-state index in [2.05, 4.69) is 25.9 Å². The summed E-state index contributed by atoms with van der Waals surface area (Å²) < 4.78 is 25.9. The van der Waals surface area contributed by atoms with Gasteiger partial charge in [0.25, 0.3) is 0 Å². The van der Waals surface area contributed by atoms with Gasteiger partial charge in [0, 0.05) is 32.0 Å². The quantitative estimate of drug-likeness (QED) is 0.569. The van der Waals surface area contributed by atoms with E-state index in [0.717, 1.165) is 12.1 Å². The molecular weight excluding hydrogens is 320 g/mol. The van der Waals surface area contributed by atoms with Gasteiger partial charge >= 0.3 is 6.03 Å². The Kier molecular flexibility index (Phi) is 6.38. The van der Waals surface area contributed by atoms with Crippen molar-refractivity contribution in [2.75, 3.05) is 25.0 Å². The molecule has 1 aromatic carbocycles. The lowest BCUT2D eigenvalue weighted by Gasteiger charge is -2.13. The minimum Gasteiger partial charge on any atom is -0.387 e. The van der Waals surface area contributed by atoms with Crippen LogP contribution in [0.2, 0.25) is 0 Å². The van der Waals surface area contributed by atoms with E-state index in [9.17, 15) is 18.7 Å². The third-order valence-electron chi connectivity index (χ3n) is 3.04. The van der Waals surface area contributed by atoms with Crippen LogP contribution in [0.1, 0.15) is 11.7 Å². The molecule has 0 aliphatic rings. The van der Waals surface area contributed by atoms with Crippen molar-refractivity contribution in [3.05, 3.63) is 53.9 Å². The highest BCUT2D eigenvalue weighted by atomic mass is 19.2. The van der Waals surface area contributed by atoms with Crippen LogP contribution in [0.4, 0.5) is 19.5 Å². The van der Waals surface area contributed by atoms with E-state index in [1.165, 1.54) is 6.07 Å². The van der Waals surface area contributed by atoms with Crippen LogP contribution < -0.4 is 16.0 Å². The van der Waals surface area contributed by atoms with Crippen molar-refractivity contribution < 1.29 is 18.7 Å². The van der Waals surface area contributed by atoms with E-state index in [1.54, 1.807) is 18.5 Å². The third-order valence-corrected chi connectivity index (χ3v) is 3.04. The van der Waals surface area contributed by atoms with Gasteiger partial charge in [0.2, 0.25) is 5.95 Å². The van der Waals surface area contributed by atoms with Gasteiger partial charge in [-0.3, -0.25) is 0 Å². The number of anilines is 1. The van der Waals surface area contributed by atoms with Crippen LogP contribution in [0.25, 0.3) is 0 Å². The Bertz CT molecular complexity index is 672. The van der Waals surface area contributed by atoms with Crippen LogP contribution in [0.3, 0.4) is 0 Å². The molecule has 0 aliphatic carbocycles. The normalized spacial score (nSPS) is 11.6. The Hall–Kier alpha value is -2.81. The van der Waals surface area contributed by atoms with Gasteiger partial charge in [-0.15, -0.1) is 0 Å². The van der Waals surface area contributed by atoms with Crippen LogP contribution in [-0.2, 0) is 0 Å². The molecule has 2 amide bonds. The fourth-order valence-electron chi connectivity index (χ4n) is 1.83. The Balaban J connectivity index is 1.66. The molecule has 24 heavy (non-hydrogen) atoms. The van der Waals surface area contributed by atoms with E-state index >= 15 is 0 Å². The lowest BCUT2D eigenvalue weighted by atomic mass is 10.1. The lowest BCUT2D eigenvalue weighted by Crippen LogP contribution is -2.39. The van der Waals surface area contributed by atoms with Crippen LogP contribution in [0.5, 0.6) is 0 Å². The van der Waals surface area contributed by atoms with Gasteiger partial charge in [0.15, 0.2) is 11.6 Å². The van der Waals surface area contributed by atoms with E-state index in [-0.39, 0.29) is 12.1 Å². The van der Waals surface area contributed by atoms with E-state index in [1.807, 2.05) is 0 Å². The summed E-state index contributed by atoms with van der Waals surface area (Å²) in [5, 5.41) is 17.8. The number of hydrogen-bond donors (Lipinski definition) is 4. The standard InChI is InChI=1S/C15H17F2N5O2/c16-11-3-2-10(8-12(11)17)13(23)9-22-15(24)21-7-6-20-14-18-4-1-5-19-14/h1-5,8,13,23H,6-7,9H2,(H,18,19,20)(H2,21,22,24). The maximum absolute atomic E-state index is 13.1. The molecule has 0 saturated heterocycles. The van der Waals surface area contributed by atoms with Crippen molar-refractivity contribution in [3.8, 4) is 0 Å². The molecule has 2 aromatic rings. The Morgan fingerprint density at radius 2 is 1.88 bits per heavy atom. The summed E-state index contributed by atoms with van der Waals surface area (Å²) in [7, 11) is 0. The number of amides is 2. The predicted octanol–water partition coefficient (Wildman–Crippen LogP) is 1.20. The number of carbonyl (C=O) groups excluding carboxylic acids is 1. The number of nitrogens with zero attached hydrogens (tertiary/aromatic N) is 2. The van der Waals surface area contributed by atoms with Crippen molar-refractivity contribution in [1.29, 1.82) is 0 Å². The zero-order chi connectivity index (χ0) is 17.4. The number of hydrogen-bond acceptors (Lipinski definition) is 5. The van der Waals surface area contributed by atoms with Crippen molar-refractivity contribution >= 4 is 12.0 Å². The molecule has 0 bridgehead atoms. The first-order chi connectivity index (χ1) is 11.6. The minimum atomic E-state index is -1.14. The first-order valence-electron chi connectivity index (χ1n) is 7.22. The van der Waals surface area contributed by atoms with Gasteiger partial charge in [0.05, 0.1) is 6.10 Å². The van der Waals surface area contributed by atoms with E-state index in [0.29, 0.717) is 19.0 Å². The Labute approximate surface area is 137 Å². The molecule has 0 saturated carbocycles. The van der Waals surface area contributed by atoms with Gasteiger partial charge in [0.1, 0.15) is 0 Å². The zero-order valence-electron chi connectivity index (χ0n) is 12.7. The summed E-state index contributed by atoms with van der Waals surface area (Å²) in [5.74, 6) is -1.59. The number of aliphatic hydroxyl groups excluding tert-OH is 1. The molecule has 9 heteroatoms. The van der Waals surface area contributed by atoms with Crippen LogP contribution >= 0.6 is 0 Å². The molecule has 1 heterocycles. The van der Waals surface area contributed by atoms with Crippen molar-refractivity contribution in [3.63, 3.8) is 0 Å². The summed E-state index contributed by atoms with van der Waals surface area (Å²) in [4.78, 5) is 19.5. The Morgan fingerprint density at radius 3 is 2.58 bits per heavy atom. The highest BCUT2D eigenvalue weighted by molar-refractivity contribution is 5.73. The zero-order valence-corrected chi connectivity index (χ0v) is 12.7. The topological polar surface area (TPSA) is 99.2 Å². The average molecular weight is 337 g/mol. The third kappa shape index (κ3) is 5.43. The highest BCUT2D eigenvalue weighted by Crippen LogP contribution is 2.15. The molecule has 2 rings (SSSR count). The largest absolute Gasteiger partial charge is 0.387 e. The van der Waals surface area contributed by atoms with Crippen LogP contribution in [-0.4, -0.2) is 40.7 Å². The fraction of sp³-hybridized carbons (Fsp3) is 0.267. The monoisotopic (exact) mass is 337 g/mol. The maximum atomic E-state index is 13.1. The van der Waals surface area contributed by atoms with Crippen molar-refractivity contribution in [2.24, 2.45) is 0 Å². The van der Waals surface area contributed by atoms with Gasteiger partial charge in [-0.05, 0) is 23.8 Å². The molecule has 0 aliphatic heterocycles. The SMILES string of the molecule is O=C(NCCNc1ncccn1)NCC(O)c1ccc(F)c(F)c1. The lowest BCUT2D eigenvalue weighted by molar-refractivity contribution is 0.172. The summed E-state index contributed by atoms with van der Waals surface area (Å²) in [6.45, 7) is 0.598. The van der Waals surface area contributed by atoms with E-state index in [4.69, 9.17) is 0 Å². The molecule has 1 unspecified atom stereocenters. The molecule has 128 valence electrons. The fourth-order valence-corrected chi connectivity index (χ4v) is 1.83. The number of rotatable bonds is 7. The number of aromatic nitrogens is 2. The smallest absolute Gasteiger partial charge is 0.314 e. The second-order valence-electron chi connectivity index (χ2n) is 4.83. The number of halogens is 2. The van der Waals surface area contributed by atoms with Gasteiger partial charge in [-0.1, -0.05) is 6.07 Å². The number of nitrogens with one attached hydrogen (secondary N) is 3. The Morgan fingerprint density at radius 1 is 1.12 bits per heavy atom. The molecule has 7 nitrogen and oxygen atoms in total. The number of benzene rings is 1. The number of urea groups is 1. The molecular formula is C15H17F2N5O2. The van der Waals surface area contributed by atoms with Crippen LogP contribution in [0.15, 0.2) is 36.7 Å². The maximum Gasteiger partial charge on any atom is 0.314 e. The summed E-state index contributed by atoms with van der Waals surface area (Å²) in [6, 6.07) is 4.27. The predicted molar refractivity (Wildman–Crippen MR) is 83.2 cm³/mol. The first-order valence-corrected chi connectivity index (χ1v) is 7.22. The number of carbonyl (C=O) groups is 1. The second-order valence-corrected chi connectivity index (χ2v) is 4.83. The molecule has 0 spiro atoms.